The van der Waals surface area contributed by atoms with Gasteiger partial charge in [-0.15, -0.1) is 11.8 Å². The van der Waals surface area contributed by atoms with Gasteiger partial charge in [0.05, 0.1) is 11.5 Å². The summed E-state index contributed by atoms with van der Waals surface area (Å²) in [7, 11) is 0. The highest BCUT2D eigenvalue weighted by atomic mass is 32.2. The van der Waals surface area contributed by atoms with E-state index in [9.17, 15) is 14.4 Å². The number of thioether (sulfide) groups is 1. The summed E-state index contributed by atoms with van der Waals surface area (Å²) in [6.45, 7) is 4.28. The van der Waals surface area contributed by atoms with E-state index in [1.165, 1.54) is 0 Å². The number of aromatic nitrogens is 1. The first-order valence-corrected chi connectivity index (χ1v) is 9.91. The van der Waals surface area contributed by atoms with Crippen LogP contribution in [-0.2, 0) is 19.1 Å². The van der Waals surface area contributed by atoms with Gasteiger partial charge in [0.15, 0.2) is 12.4 Å². The van der Waals surface area contributed by atoms with Crippen LogP contribution in [0.3, 0.4) is 0 Å². The summed E-state index contributed by atoms with van der Waals surface area (Å²) in [4.78, 5) is 37.5. The van der Waals surface area contributed by atoms with E-state index in [2.05, 4.69) is 17.4 Å². The lowest BCUT2D eigenvalue weighted by molar-refractivity contribution is -0.151. The quantitative estimate of drug-likeness (QED) is 0.685. The molecule has 2 heterocycles. The Morgan fingerprint density at radius 1 is 1.38 bits per heavy atom. The molecule has 1 N–H and O–H groups in total. The third kappa shape index (κ3) is 6.36. The van der Waals surface area contributed by atoms with Crippen LogP contribution in [0.5, 0.6) is 0 Å². The van der Waals surface area contributed by atoms with E-state index in [0.717, 1.165) is 44.0 Å². The van der Waals surface area contributed by atoms with Crippen molar-refractivity contribution in [2.75, 3.05) is 30.0 Å². The van der Waals surface area contributed by atoms with Gasteiger partial charge in [0.25, 0.3) is 5.91 Å². The maximum Gasteiger partial charge on any atom is 0.316 e. The number of aryl methyl sites for hydroxylation is 1. The van der Waals surface area contributed by atoms with Gasteiger partial charge in [0, 0.05) is 18.7 Å². The second kappa shape index (κ2) is 10.2. The van der Waals surface area contributed by atoms with Gasteiger partial charge in [-0.25, -0.2) is 0 Å². The molecule has 2 amide bonds. The minimum Gasteiger partial charge on any atom is -0.455 e. The second-order valence-electron chi connectivity index (χ2n) is 6.17. The van der Waals surface area contributed by atoms with Crippen molar-refractivity contribution in [1.29, 1.82) is 0 Å². The Morgan fingerprint density at radius 2 is 2.19 bits per heavy atom. The Hall–Kier alpha value is -2.03. The van der Waals surface area contributed by atoms with E-state index in [1.54, 1.807) is 13.0 Å². The van der Waals surface area contributed by atoms with E-state index >= 15 is 0 Å². The first-order valence-electron chi connectivity index (χ1n) is 8.75. The van der Waals surface area contributed by atoms with Crippen LogP contribution in [0.2, 0.25) is 0 Å². The monoisotopic (exact) mass is 383 g/mol. The Labute approximate surface area is 157 Å². The summed E-state index contributed by atoms with van der Waals surface area (Å²) < 4.78 is 9.89. The Morgan fingerprint density at radius 3 is 2.88 bits per heavy atom. The number of hydrogen-bond donors (Lipinski definition) is 1. The predicted octanol–water partition coefficient (Wildman–Crippen LogP) is 1.99. The smallest absolute Gasteiger partial charge is 0.316 e. The van der Waals surface area contributed by atoms with E-state index in [0.29, 0.717) is 11.6 Å². The van der Waals surface area contributed by atoms with Crippen molar-refractivity contribution >= 4 is 35.4 Å². The van der Waals surface area contributed by atoms with Gasteiger partial charge in [-0.05, 0) is 32.6 Å². The molecule has 0 saturated carbocycles. The fourth-order valence-corrected chi connectivity index (χ4v) is 3.46. The molecule has 0 unspecified atom stereocenters. The van der Waals surface area contributed by atoms with Crippen molar-refractivity contribution in [2.24, 2.45) is 0 Å². The van der Waals surface area contributed by atoms with E-state index in [-0.39, 0.29) is 36.0 Å². The number of amides is 2. The molecular formula is C17H25N3O5S. The number of nitrogens with zero attached hydrogens (tertiary/aromatic N) is 2. The summed E-state index contributed by atoms with van der Waals surface area (Å²) in [5.74, 6) is 0.0988. The second-order valence-corrected chi connectivity index (χ2v) is 7.16. The highest BCUT2D eigenvalue weighted by Gasteiger charge is 2.25. The third-order valence-corrected chi connectivity index (χ3v) is 5.03. The van der Waals surface area contributed by atoms with Gasteiger partial charge in [0.1, 0.15) is 5.76 Å². The third-order valence-electron chi connectivity index (χ3n) is 4.12. The highest BCUT2D eigenvalue weighted by Crippen LogP contribution is 2.19. The number of ether oxygens (including phenoxy) is 1. The molecule has 1 atom stereocenters. The molecule has 1 aromatic heterocycles. The van der Waals surface area contributed by atoms with Gasteiger partial charge in [-0.3, -0.25) is 14.4 Å². The van der Waals surface area contributed by atoms with Crippen LogP contribution in [-0.4, -0.2) is 58.5 Å². The van der Waals surface area contributed by atoms with Crippen LogP contribution >= 0.6 is 11.8 Å². The Kier molecular flexibility index (Phi) is 7.96. The zero-order chi connectivity index (χ0) is 18.9. The molecule has 8 nitrogen and oxygen atoms in total. The molecule has 1 aliphatic rings. The normalized spacial score (nSPS) is 17.0. The number of carbonyl (C=O) groups is 3. The zero-order valence-corrected chi connectivity index (χ0v) is 16.0. The van der Waals surface area contributed by atoms with Crippen molar-refractivity contribution in [3.63, 3.8) is 0 Å². The molecule has 0 aliphatic carbocycles. The number of piperidine rings is 1. The Bertz CT molecular complexity index is 634. The van der Waals surface area contributed by atoms with E-state index in [4.69, 9.17) is 9.26 Å². The SMILES string of the molecule is CC[C@@H]1CCCCN1C(=O)COC(=O)CSCC(=O)Nc1cc(C)on1. The minimum atomic E-state index is -0.501. The largest absolute Gasteiger partial charge is 0.455 e. The molecule has 2 rings (SSSR count). The van der Waals surface area contributed by atoms with Crippen LogP contribution < -0.4 is 5.32 Å². The van der Waals surface area contributed by atoms with Gasteiger partial charge in [-0.1, -0.05) is 12.1 Å². The molecule has 1 aliphatic heterocycles. The molecule has 9 heteroatoms. The molecule has 26 heavy (non-hydrogen) atoms. The standard InChI is InChI=1S/C17H25N3O5S/c1-3-13-6-4-5-7-20(13)16(22)9-24-17(23)11-26-10-15(21)18-14-8-12(2)25-19-14/h8,13H,3-7,9-11H2,1-2H3,(H,18,19,21)/t13-/m1/s1. The number of esters is 1. The lowest BCUT2D eigenvalue weighted by Crippen LogP contribution is -2.45. The summed E-state index contributed by atoms with van der Waals surface area (Å²) in [5, 5.41) is 6.22. The fraction of sp³-hybridized carbons (Fsp3) is 0.647. The maximum absolute atomic E-state index is 12.2. The maximum atomic E-state index is 12.2. The van der Waals surface area contributed by atoms with Gasteiger partial charge in [0.2, 0.25) is 5.91 Å². The lowest BCUT2D eigenvalue weighted by atomic mass is 10.00. The van der Waals surface area contributed by atoms with Gasteiger partial charge >= 0.3 is 5.97 Å². The number of rotatable bonds is 8. The summed E-state index contributed by atoms with van der Waals surface area (Å²) >= 11 is 1.12. The van der Waals surface area contributed by atoms with Crippen molar-refractivity contribution in [1.82, 2.24) is 10.1 Å². The van der Waals surface area contributed by atoms with Crippen LogP contribution in [0.25, 0.3) is 0 Å². The number of anilines is 1. The number of nitrogens with one attached hydrogen (secondary N) is 1. The van der Waals surface area contributed by atoms with E-state index in [1.807, 2.05) is 4.90 Å². The van der Waals surface area contributed by atoms with Gasteiger partial charge in [-0.2, -0.15) is 0 Å². The molecule has 0 aromatic carbocycles. The zero-order valence-electron chi connectivity index (χ0n) is 15.2. The first kappa shape index (κ1) is 20.3. The van der Waals surface area contributed by atoms with Crippen molar-refractivity contribution < 1.29 is 23.6 Å². The number of likely N-dealkylation sites (tertiary alicyclic amines) is 1. The minimum absolute atomic E-state index is 0.00967. The number of hydrogen-bond acceptors (Lipinski definition) is 7. The molecule has 144 valence electrons. The molecule has 1 aromatic rings. The predicted molar refractivity (Wildman–Crippen MR) is 97.8 cm³/mol. The highest BCUT2D eigenvalue weighted by molar-refractivity contribution is 8.00. The lowest BCUT2D eigenvalue weighted by Gasteiger charge is -2.35. The fourth-order valence-electron chi connectivity index (χ4n) is 2.85. The molecule has 0 bridgehead atoms. The van der Waals surface area contributed by atoms with Crippen molar-refractivity contribution in [3.8, 4) is 0 Å². The molecular weight excluding hydrogens is 358 g/mol. The molecule has 1 saturated heterocycles. The Balaban J connectivity index is 1.62. The van der Waals surface area contributed by atoms with Crippen LogP contribution in [0.1, 0.15) is 38.4 Å². The first-order chi connectivity index (χ1) is 12.5. The van der Waals surface area contributed by atoms with Crippen molar-refractivity contribution in [3.05, 3.63) is 11.8 Å². The van der Waals surface area contributed by atoms with E-state index < -0.39 is 5.97 Å². The number of carbonyl (C=O) groups excluding carboxylic acids is 3. The van der Waals surface area contributed by atoms with Crippen molar-refractivity contribution in [2.45, 2.75) is 45.6 Å². The average Bonchev–Trinajstić information content (AvgIpc) is 3.04. The molecule has 0 radical (unpaired) electrons. The van der Waals surface area contributed by atoms with Crippen LogP contribution in [0.15, 0.2) is 10.6 Å². The average molecular weight is 383 g/mol. The topological polar surface area (TPSA) is 102 Å². The van der Waals surface area contributed by atoms with Crippen LogP contribution in [0, 0.1) is 6.92 Å². The molecule has 1 fully saturated rings. The molecule has 0 spiro atoms. The summed E-state index contributed by atoms with van der Waals surface area (Å²) in [6.07, 6.45) is 4.04. The summed E-state index contributed by atoms with van der Waals surface area (Å²) in [6, 6.07) is 1.85. The van der Waals surface area contributed by atoms with Gasteiger partial charge < -0.3 is 19.5 Å². The van der Waals surface area contributed by atoms with Crippen LogP contribution in [0.4, 0.5) is 5.82 Å². The summed E-state index contributed by atoms with van der Waals surface area (Å²) in [5.41, 5.74) is 0.